The Morgan fingerprint density at radius 1 is 1.35 bits per heavy atom. The largest absolute Gasteiger partial charge is 0.392 e. The SMILES string of the molecule is CNS(=O)(=O)Cc1ccc2[nH]cc(CCNc3ncc(C#N)c(N[C@@H]4C[C@H](O)C4(C)C)n3)c2c1. The van der Waals surface area contributed by atoms with Crippen molar-refractivity contribution in [2.45, 2.75) is 44.6 Å². The van der Waals surface area contributed by atoms with Gasteiger partial charge in [-0.25, -0.2) is 18.1 Å². The van der Waals surface area contributed by atoms with Crippen molar-refractivity contribution in [1.82, 2.24) is 19.7 Å². The molecule has 1 saturated carbocycles. The molecule has 5 N–H and O–H groups in total. The number of sulfonamides is 1. The highest BCUT2D eigenvalue weighted by Gasteiger charge is 2.47. The summed E-state index contributed by atoms with van der Waals surface area (Å²) in [6, 6.07) is 7.71. The Labute approximate surface area is 198 Å². The van der Waals surface area contributed by atoms with Crippen LogP contribution >= 0.6 is 0 Å². The topological polar surface area (TPSA) is 156 Å². The van der Waals surface area contributed by atoms with Gasteiger partial charge in [0.15, 0.2) is 0 Å². The minimum absolute atomic E-state index is 0.0180. The summed E-state index contributed by atoms with van der Waals surface area (Å²) in [7, 11) is -1.94. The molecule has 1 aliphatic carbocycles. The molecule has 180 valence electrons. The Morgan fingerprint density at radius 3 is 2.82 bits per heavy atom. The molecule has 0 aliphatic heterocycles. The van der Waals surface area contributed by atoms with Gasteiger partial charge in [-0.05, 0) is 43.1 Å². The number of aliphatic hydroxyl groups is 1. The van der Waals surface area contributed by atoms with Crippen LogP contribution in [0.15, 0.2) is 30.6 Å². The molecule has 2 atom stereocenters. The number of nitriles is 1. The van der Waals surface area contributed by atoms with Gasteiger partial charge in [-0.2, -0.15) is 10.2 Å². The standard InChI is InChI=1S/C23H29N7O3S/c1-23(2)19(9-20(23)31)29-21-16(10-24)12-28-22(30-21)26-7-6-15-11-27-18-5-4-14(8-17(15)18)13-34(32,33)25-3/h4-5,8,11-12,19-20,25,27,31H,6-7,9,13H2,1-3H3,(H2,26,28,29,30)/t19-,20+/m1/s1. The number of aliphatic hydroxyl groups excluding tert-OH is 1. The highest BCUT2D eigenvalue weighted by atomic mass is 32.2. The molecular formula is C23H29N7O3S. The number of hydrogen-bond donors (Lipinski definition) is 5. The number of benzene rings is 1. The van der Waals surface area contributed by atoms with E-state index in [9.17, 15) is 18.8 Å². The fourth-order valence-corrected chi connectivity index (χ4v) is 4.86. The number of anilines is 2. The zero-order valence-electron chi connectivity index (χ0n) is 19.4. The molecule has 4 rings (SSSR count). The first-order valence-electron chi connectivity index (χ1n) is 11.1. The summed E-state index contributed by atoms with van der Waals surface area (Å²) in [5, 5.41) is 26.9. The number of nitrogens with zero attached hydrogens (tertiary/aromatic N) is 3. The Kier molecular flexibility index (Phi) is 6.49. The van der Waals surface area contributed by atoms with E-state index in [1.807, 2.05) is 32.2 Å². The van der Waals surface area contributed by atoms with E-state index in [0.717, 1.165) is 16.5 Å². The van der Waals surface area contributed by atoms with Crippen LogP contribution in [0.3, 0.4) is 0 Å². The fourth-order valence-electron chi connectivity index (χ4n) is 4.09. The van der Waals surface area contributed by atoms with E-state index >= 15 is 0 Å². The van der Waals surface area contributed by atoms with Crippen LogP contribution in [0.5, 0.6) is 0 Å². The molecule has 1 aliphatic rings. The Hall–Kier alpha value is -3.20. The molecule has 0 saturated heterocycles. The Bertz CT molecular complexity index is 1340. The lowest BCUT2D eigenvalue weighted by Gasteiger charge is -2.49. The lowest BCUT2D eigenvalue weighted by molar-refractivity contribution is -0.0511. The predicted molar refractivity (Wildman–Crippen MR) is 131 cm³/mol. The first kappa shape index (κ1) is 23.9. The van der Waals surface area contributed by atoms with Crippen LogP contribution in [0.2, 0.25) is 0 Å². The van der Waals surface area contributed by atoms with Gasteiger partial charge in [0.2, 0.25) is 16.0 Å². The zero-order valence-corrected chi connectivity index (χ0v) is 20.2. The smallest absolute Gasteiger partial charge is 0.224 e. The third kappa shape index (κ3) is 4.84. The number of nitrogens with one attached hydrogen (secondary N) is 4. The van der Waals surface area contributed by atoms with Crippen LogP contribution in [0.4, 0.5) is 11.8 Å². The maximum absolute atomic E-state index is 11.9. The van der Waals surface area contributed by atoms with E-state index in [-0.39, 0.29) is 23.3 Å². The third-order valence-electron chi connectivity index (χ3n) is 6.61. The number of aromatic amines is 1. The van der Waals surface area contributed by atoms with Gasteiger partial charge in [-0.15, -0.1) is 0 Å². The average molecular weight is 484 g/mol. The molecule has 0 bridgehead atoms. The Morgan fingerprint density at radius 2 is 2.15 bits per heavy atom. The third-order valence-corrected chi connectivity index (χ3v) is 7.95. The van der Waals surface area contributed by atoms with Gasteiger partial charge in [0.05, 0.1) is 18.1 Å². The number of rotatable bonds is 9. The maximum atomic E-state index is 11.9. The number of fused-ring (bicyclic) bond motifs is 1. The summed E-state index contributed by atoms with van der Waals surface area (Å²) in [6.07, 6.45) is 4.28. The molecule has 10 nitrogen and oxygen atoms in total. The summed E-state index contributed by atoms with van der Waals surface area (Å²) < 4.78 is 26.1. The van der Waals surface area contributed by atoms with Crippen LogP contribution in [0, 0.1) is 16.7 Å². The van der Waals surface area contributed by atoms with Gasteiger partial charge in [0, 0.05) is 35.1 Å². The number of hydrogen-bond acceptors (Lipinski definition) is 8. The molecule has 2 heterocycles. The van der Waals surface area contributed by atoms with Crippen molar-refractivity contribution < 1.29 is 13.5 Å². The van der Waals surface area contributed by atoms with Gasteiger partial charge in [0.25, 0.3) is 0 Å². The zero-order chi connectivity index (χ0) is 24.5. The van der Waals surface area contributed by atoms with Crippen LogP contribution in [-0.2, 0) is 22.2 Å². The number of aromatic nitrogens is 3. The van der Waals surface area contributed by atoms with Gasteiger partial charge < -0.3 is 20.7 Å². The maximum Gasteiger partial charge on any atom is 0.224 e. The summed E-state index contributed by atoms with van der Waals surface area (Å²) in [5.74, 6) is 0.777. The van der Waals surface area contributed by atoms with E-state index in [0.29, 0.717) is 42.3 Å². The fraction of sp³-hybridized carbons (Fsp3) is 0.435. The van der Waals surface area contributed by atoms with Crippen molar-refractivity contribution in [3.8, 4) is 6.07 Å². The predicted octanol–water partition coefficient (Wildman–Crippen LogP) is 2.10. The quantitative estimate of drug-likeness (QED) is 0.310. The van der Waals surface area contributed by atoms with Crippen LogP contribution < -0.4 is 15.4 Å². The van der Waals surface area contributed by atoms with Gasteiger partial charge in [-0.1, -0.05) is 19.9 Å². The molecule has 1 aromatic carbocycles. The minimum Gasteiger partial charge on any atom is -0.392 e. The lowest BCUT2D eigenvalue weighted by atomic mass is 9.64. The second-order valence-corrected chi connectivity index (χ2v) is 11.1. The highest BCUT2D eigenvalue weighted by Crippen LogP contribution is 2.42. The van der Waals surface area contributed by atoms with Crippen LogP contribution in [-0.4, -0.2) is 54.2 Å². The molecule has 2 aromatic heterocycles. The van der Waals surface area contributed by atoms with Crippen molar-refractivity contribution in [3.63, 3.8) is 0 Å². The molecule has 0 amide bonds. The monoisotopic (exact) mass is 483 g/mol. The highest BCUT2D eigenvalue weighted by molar-refractivity contribution is 7.88. The molecular weight excluding hydrogens is 454 g/mol. The lowest BCUT2D eigenvalue weighted by Crippen LogP contribution is -2.57. The van der Waals surface area contributed by atoms with Gasteiger partial charge in [-0.3, -0.25) is 0 Å². The summed E-state index contributed by atoms with van der Waals surface area (Å²) in [5.41, 5.74) is 2.75. The molecule has 1 fully saturated rings. The van der Waals surface area contributed by atoms with Crippen LogP contribution in [0.25, 0.3) is 10.9 Å². The summed E-state index contributed by atoms with van der Waals surface area (Å²) in [4.78, 5) is 11.9. The van der Waals surface area contributed by atoms with E-state index < -0.39 is 10.0 Å². The van der Waals surface area contributed by atoms with Crippen molar-refractivity contribution in [2.24, 2.45) is 5.41 Å². The van der Waals surface area contributed by atoms with Gasteiger partial charge in [0.1, 0.15) is 17.5 Å². The molecule has 3 aromatic rings. The molecule has 34 heavy (non-hydrogen) atoms. The van der Waals surface area contributed by atoms with Crippen LogP contribution in [0.1, 0.15) is 37.0 Å². The first-order chi connectivity index (χ1) is 16.1. The first-order valence-corrected chi connectivity index (χ1v) is 12.7. The van der Waals surface area contributed by atoms with Crippen molar-refractivity contribution in [3.05, 3.63) is 47.3 Å². The normalized spacial score (nSPS) is 19.4. The minimum atomic E-state index is -3.35. The summed E-state index contributed by atoms with van der Waals surface area (Å²) in [6.45, 7) is 4.50. The van der Waals surface area contributed by atoms with E-state index in [1.165, 1.54) is 13.2 Å². The van der Waals surface area contributed by atoms with Crippen molar-refractivity contribution in [2.75, 3.05) is 24.2 Å². The number of H-pyrrole nitrogens is 1. The van der Waals surface area contributed by atoms with Gasteiger partial charge >= 0.3 is 0 Å². The van der Waals surface area contributed by atoms with E-state index in [4.69, 9.17) is 0 Å². The average Bonchev–Trinajstić information content (AvgIpc) is 3.21. The molecule has 0 radical (unpaired) electrons. The summed E-state index contributed by atoms with van der Waals surface area (Å²) >= 11 is 0. The second kappa shape index (κ2) is 9.21. The Balaban J connectivity index is 1.44. The van der Waals surface area contributed by atoms with Crippen molar-refractivity contribution >= 4 is 32.7 Å². The molecule has 0 spiro atoms. The molecule has 11 heteroatoms. The molecule has 0 unspecified atom stereocenters. The van der Waals surface area contributed by atoms with E-state index in [1.54, 1.807) is 6.07 Å². The van der Waals surface area contributed by atoms with Crippen molar-refractivity contribution in [1.29, 1.82) is 5.26 Å². The van der Waals surface area contributed by atoms with E-state index in [2.05, 4.69) is 36.4 Å². The second-order valence-electron chi connectivity index (χ2n) is 9.17.